The highest BCUT2D eigenvalue weighted by molar-refractivity contribution is 5.90. The van der Waals surface area contributed by atoms with E-state index in [2.05, 4.69) is 20.6 Å². The van der Waals surface area contributed by atoms with Crippen LogP contribution in [-0.2, 0) is 6.61 Å². The molecule has 6 heteroatoms. The van der Waals surface area contributed by atoms with Gasteiger partial charge in [-0.2, -0.15) is 0 Å². The summed E-state index contributed by atoms with van der Waals surface area (Å²) in [7, 11) is 0. The lowest BCUT2D eigenvalue weighted by Crippen LogP contribution is -2.36. The van der Waals surface area contributed by atoms with Gasteiger partial charge in [0.2, 0.25) is 0 Å². The molecule has 2 heterocycles. The Morgan fingerprint density at radius 3 is 2.74 bits per heavy atom. The Morgan fingerprint density at radius 1 is 1.11 bits per heavy atom. The van der Waals surface area contributed by atoms with Crippen molar-refractivity contribution in [2.75, 3.05) is 5.32 Å². The molecule has 0 radical (unpaired) electrons. The molecule has 1 aromatic carbocycles. The second-order valence-corrected chi connectivity index (χ2v) is 6.85. The van der Waals surface area contributed by atoms with E-state index in [1.807, 2.05) is 36.4 Å². The molecule has 27 heavy (non-hydrogen) atoms. The van der Waals surface area contributed by atoms with E-state index in [0.29, 0.717) is 11.3 Å². The van der Waals surface area contributed by atoms with Crippen LogP contribution >= 0.6 is 0 Å². The number of aliphatic hydroxyl groups is 1. The zero-order valence-corrected chi connectivity index (χ0v) is 15.0. The van der Waals surface area contributed by atoms with Gasteiger partial charge in [0, 0.05) is 17.8 Å². The van der Waals surface area contributed by atoms with Crippen LogP contribution in [0.2, 0.25) is 0 Å². The quantitative estimate of drug-likeness (QED) is 0.658. The number of nitrogens with zero attached hydrogens (tertiary/aromatic N) is 2. The number of hydrogen-bond donors (Lipinski definition) is 3. The van der Waals surface area contributed by atoms with Crippen LogP contribution in [0.5, 0.6) is 0 Å². The molecule has 0 aliphatic heterocycles. The number of aliphatic hydroxyl groups excluding tert-OH is 1. The van der Waals surface area contributed by atoms with Crippen LogP contribution < -0.4 is 10.6 Å². The molecule has 1 aliphatic carbocycles. The number of nitrogens with one attached hydrogen (secondary N) is 2. The fourth-order valence-electron chi connectivity index (χ4n) is 3.57. The van der Waals surface area contributed by atoms with Crippen LogP contribution in [0, 0.1) is 0 Å². The van der Waals surface area contributed by atoms with Crippen molar-refractivity contribution in [1.82, 2.24) is 15.3 Å². The van der Waals surface area contributed by atoms with Gasteiger partial charge in [-0.25, -0.2) is 9.78 Å². The van der Waals surface area contributed by atoms with Gasteiger partial charge >= 0.3 is 6.03 Å². The van der Waals surface area contributed by atoms with Crippen molar-refractivity contribution in [3.8, 4) is 11.1 Å². The Hall–Kier alpha value is -2.99. The van der Waals surface area contributed by atoms with Crippen LogP contribution in [0.3, 0.4) is 0 Å². The van der Waals surface area contributed by atoms with Crippen LogP contribution in [-0.4, -0.2) is 27.1 Å². The number of rotatable bonds is 4. The summed E-state index contributed by atoms with van der Waals surface area (Å²) in [5.74, 6) is 0.493. The van der Waals surface area contributed by atoms with Gasteiger partial charge < -0.3 is 10.4 Å². The lowest BCUT2D eigenvalue weighted by molar-refractivity contribution is 0.248. The number of amides is 2. The summed E-state index contributed by atoms with van der Waals surface area (Å²) in [5.41, 5.74) is 4.09. The molecule has 1 saturated carbocycles. The molecule has 6 nitrogen and oxygen atoms in total. The standard InChI is InChI=1S/C21H22N4O2/c26-13-14-5-1-4-8-17(14)15-11-19-18(22-12-15)9-10-20(24-19)25-21(27)23-16-6-2-3-7-16/h1,4-5,8-12,16,26H,2-3,6-7,13H2,(H2,23,24,25,27). The molecule has 0 spiro atoms. The molecular weight excluding hydrogens is 340 g/mol. The second kappa shape index (κ2) is 7.72. The smallest absolute Gasteiger partial charge is 0.320 e. The first-order valence-corrected chi connectivity index (χ1v) is 9.26. The molecule has 0 bridgehead atoms. The maximum atomic E-state index is 12.2. The zero-order chi connectivity index (χ0) is 18.6. The highest BCUT2D eigenvalue weighted by Crippen LogP contribution is 2.26. The summed E-state index contributed by atoms with van der Waals surface area (Å²) in [6.45, 7) is -0.0371. The van der Waals surface area contributed by atoms with Crippen LogP contribution in [0.1, 0.15) is 31.2 Å². The van der Waals surface area contributed by atoms with Crippen molar-refractivity contribution in [2.24, 2.45) is 0 Å². The minimum Gasteiger partial charge on any atom is -0.392 e. The van der Waals surface area contributed by atoms with Crippen molar-refractivity contribution in [3.05, 3.63) is 54.2 Å². The molecule has 138 valence electrons. The van der Waals surface area contributed by atoms with Crippen LogP contribution in [0.4, 0.5) is 10.6 Å². The summed E-state index contributed by atoms with van der Waals surface area (Å²) in [4.78, 5) is 21.2. The minimum atomic E-state index is -0.219. The third kappa shape index (κ3) is 3.90. The molecule has 2 amide bonds. The normalized spacial score (nSPS) is 14.4. The predicted octanol–water partition coefficient (Wildman–Crippen LogP) is 3.85. The number of hydrogen-bond acceptors (Lipinski definition) is 4. The third-order valence-electron chi connectivity index (χ3n) is 4.97. The van der Waals surface area contributed by atoms with Gasteiger partial charge in [-0.1, -0.05) is 37.1 Å². The molecule has 3 N–H and O–H groups in total. The van der Waals surface area contributed by atoms with Crippen molar-refractivity contribution in [2.45, 2.75) is 38.3 Å². The van der Waals surface area contributed by atoms with E-state index in [9.17, 15) is 9.90 Å². The number of aromatic nitrogens is 2. The van der Waals surface area contributed by atoms with Crippen LogP contribution in [0.15, 0.2) is 48.7 Å². The van der Waals surface area contributed by atoms with E-state index in [-0.39, 0.29) is 18.7 Å². The van der Waals surface area contributed by atoms with Crippen molar-refractivity contribution in [3.63, 3.8) is 0 Å². The fourth-order valence-corrected chi connectivity index (χ4v) is 3.57. The van der Waals surface area contributed by atoms with E-state index in [0.717, 1.165) is 35.0 Å². The number of fused-ring (bicyclic) bond motifs is 1. The number of benzene rings is 1. The Morgan fingerprint density at radius 2 is 1.93 bits per heavy atom. The van der Waals surface area contributed by atoms with Gasteiger partial charge in [-0.15, -0.1) is 0 Å². The number of urea groups is 1. The number of carbonyl (C=O) groups is 1. The molecule has 0 atom stereocenters. The average Bonchev–Trinajstić information content (AvgIpc) is 3.20. The lowest BCUT2D eigenvalue weighted by atomic mass is 10.0. The van der Waals surface area contributed by atoms with Crippen LogP contribution in [0.25, 0.3) is 22.2 Å². The maximum absolute atomic E-state index is 12.2. The highest BCUT2D eigenvalue weighted by atomic mass is 16.3. The summed E-state index contributed by atoms with van der Waals surface area (Å²) in [5, 5.41) is 15.4. The molecule has 0 unspecified atom stereocenters. The lowest BCUT2D eigenvalue weighted by Gasteiger charge is -2.13. The molecule has 2 aromatic heterocycles. The van der Waals surface area contributed by atoms with Crippen molar-refractivity contribution < 1.29 is 9.90 Å². The second-order valence-electron chi connectivity index (χ2n) is 6.85. The van der Waals surface area contributed by atoms with E-state index >= 15 is 0 Å². The first-order chi connectivity index (χ1) is 13.2. The van der Waals surface area contributed by atoms with Gasteiger partial charge in [-0.05, 0) is 42.2 Å². The summed E-state index contributed by atoms with van der Waals surface area (Å²) in [6, 6.07) is 13.2. The van der Waals surface area contributed by atoms with Gasteiger partial charge in [-0.3, -0.25) is 10.3 Å². The first kappa shape index (κ1) is 17.4. The Bertz CT molecular complexity index is 967. The first-order valence-electron chi connectivity index (χ1n) is 9.26. The van der Waals surface area contributed by atoms with Crippen molar-refractivity contribution >= 4 is 22.9 Å². The highest BCUT2D eigenvalue weighted by Gasteiger charge is 2.17. The molecule has 4 rings (SSSR count). The minimum absolute atomic E-state index is 0.0371. The monoisotopic (exact) mass is 362 g/mol. The Balaban J connectivity index is 1.58. The van der Waals surface area contributed by atoms with E-state index in [4.69, 9.17) is 0 Å². The number of carbonyl (C=O) groups excluding carboxylic acids is 1. The van der Waals surface area contributed by atoms with Gasteiger partial charge in [0.25, 0.3) is 0 Å². The SMILES string of the molecule is O=C(Nc1ccc2ncc(-c3ccccc3CO)cc2n1)NC1CCCC1. The van der Waals surface area contributed by atoms with E-state index in [1.165, 1.54) is 12.8 Å². The summed E-state index contributed by atoms with van der Waals surface area (Å²) >= 11 is 0. The van der Waals surface area contributed by atoms with Crippen molar-refractivity contribution in [1.29, 1.82) is 0 Å². The number of pyridine rings is 2. The largest absolute Gasteiger partial charge is 0.392 e. The van der Waals surface area contributed by atoms with Gasteiger partial charge in [0.05, 0.1) is 17.6 Å². The molecule has 3 aromatic rings. The number of anilines is 1. The predicted molar refractivity (Wildman–Crippen MR) is 105 cm³/mol. The zero-order valence-electron chi connectivity index (χ0n) is 15.0. The molecule has 0 saturated heterocycles. The fraction of sp³-hybridized carbons (Fsp3) is 0.286. The van der Waals surface area contributed by atoms with E-state index < -0.39 is 0 Å². The van der Waals surface area contributed by atoms with Gasteiger partial charge in [0.15, 0.2) is 0 Å². The average molecular weight is 362 g/mol. The van der Waals surface area contributed by atoms with E-state index in [1.54, 1.807) is 12.3 Å². The Kier molecular flexibility index (Phi) is 4.98. The third-order valence-corrected chi connectivity index (χ3v) is 4.97. The molecule has 1 aliphatic rings. The maximum Gasteiger partial charge on any atom is 0.320 e. The summed E-state index contributed by atoms with van der Waals surface area (Å²) in [6.07, 6.45) is 6.19. The molecular formula is C21H22N4O2. The topological polar surface area (TPSA) is 87.1 Å². The van der Waals surface area contributed by atoms with Gasteiger partial charge in [0.1, 0.15) is 5.82 Å². The Labute approximate surface area is 157 Å². The molecule has 1 fully saturated rings. The summed E-state index contributed by atoms with van der Waals surface area (Å²) < 4.78 is 0.